The number of amides is 4. The number of halogens is 2. The Labute approximate surface area is 248 Å². The van der Waals surface area contributed by atoms with Crippen LogP contribution in [0.4, 0.5) is 10.5 Å². The van der Waals surface area contributed by atoms with Crippen molar-refractivity contribution in [2.45, 2.75) is 0 Å². The molecule has 3 aromatic carbocycles. The van der Waals surface area contributed by atoms with Crippen molar-refractivity contribution in [3.05, 3.63) is 88.2 Å². The molecule has 2 aromatic heterocycles. The van der Waals surface area contributed by atoms with Crippen molar-refractivity contribution < 1.29 is 28.6 Å². The van der Waals surface area contributed by atoms with Crippen LogP contribution >= 0.6 is 23.2 Å². The van der Waals surface area contributed by atoms with Crippen LogP contribution in [0.2, 0.25) is 10.0 Å². The quantitative estimate of drug-likeness (QED) is 0.205. The van der Waals surface area contributed by atoms with Crippen LogP contribution in [0.1, 0.15) is 20.7 Å². The van der Waals surface area contributed by atoms with Gasteiger partial charge in [0.05, 0.1) is 52.1 Å². The van der Waals surface area contributed by atoms with Crippen molar-refractivity contribution in [1.82, 2.24) is 15.3 Å². The summed E-state index contributed by atoms with van der Waals surface area (Å²) in [6.07, 6.45) is 3.07. The maximum atomic E-state index is 12.9. The van der Waals surface area contributed by atoms with Gasteiger partial charge < -0.3 is 25.3 Å². The van der Waals surface area contributed by atoms with Crippen LogP contribution < -0.4 is 30.6 Å². The maximum absolute atomic E-state index is 12.9. The lowest BCUT2D eigenvalue weighted by molar-refractivity contribution is 0.0962. The molecular formula is C29H21Cl2N5O6. The lowest BCUT2D eigenvalue weighted by atomic mass is 10.1. The standard InChI is InChI=1S/C29H21Cl2N5O6/c1-40-25-13-23-16(11-17(25)27(32)37)24(6-8-34-23)42-14-3-4-21(20(31)9-14)35-29(39)36-28(38)18-10-15-19(30)5-7-33-22(15)12-26(18)41-2/h3-13H,1-2H3,(H2,32,37)(H2,35,36,38,39). The van der Waals surface area contributed by atoms with Gasteiger partial charge in [-0.15, -0.1) is 0 Å². The highest BCUT2D eigenvalue weighted by Gasteiger charge is 2.19. The molecule has 0 atom stereocenters. The van der Waals surface area contributed by atoms with Crippen molar-refractivity contribution in [2.75, 3.05) is 19.5 Å². The molecule has 0 bridgehead atoms. The van der Waals surface area contributed by atoms with E-state index in [4.69, 9.17) is 43.1 Å². The number of aromatic nitrogens is 2. The Morgan fingerprint density at radius 1 is 0.762 bits per heavy atom. The predicted molar refractivity (Wildman–Crippen MR) is 158 cm³/mol. The van der Waals surface area contributed by atoms with Crippen LogP contribution in [-0.2, 0) is 0 Å². The van der Waals surface area contributed by atoms with Gasteiger partial charge in [0.1, 0.15) is 23.0 Å². The second kappa shape index (κ2) is 11.8. The number of urea groups is 1. The third-order valence-corrected chi connectivity index (χ3v) is 6.83. The average molecular weight is 606 g/mol. The summed E-state index contributed by atoms with van der Waals surface area (Å²) in [7, 11) is 2.82. The van der Waals surface area contributed by atoms with Gasteiger partial charge in [-0.05, 0) is 36.4 Å². The lowest BCUT2D eigenvalue weighted by Crippen LogP contribution is -2.34. The first-order chi connectivity index (χ1) is 20.2. The number of anilines is 1. The summed E-state index contributed by atoms with van der Waals surface area (Å²) < 4.78 is 16.6. The Kier molecular flexibility index (Phi) is 7.96. The van der Waals surface area contributed by atoms with Crippen molar-refractivity contribution >= 4 is 68.5 Å². The van der Waals surface area contributed by atoms with Gasteiger partial charge in [0.2, 0.25) is 0 Å². The number of rotatable bonds is 7. The van der Waals surface area contributed by atoms with E-state index in [1.807, 2.05) is 0 Å². The molecule has 4 amide bonds. The van der Waals surface area contributed by atoms with E-state index in [9.17, 15) is 14.4 Å². The summed E-state index contributed by atoms with van der Waals surface area (Å²) in [4.78, 5) is 46.0. The van der Waals surface area contributed by atoms with Gasteiger partial charge in [0, 0.05) is 41.4 Å². The minimum absolute atomic E-state index is 0.0894. The highest BCUT2D eigenvalue weighted by atomic mass is 35.5. The van der Waals surface area contributed by atoms with Gasteiger partial charge in [-0.25, -0.2) is 4.79 Å². The Bertz CT molecular complexity index is 1900. The Hall–Kier alpha value is -5.13. The molecule has 0 unspecified atom stereocenters. The number of nitrogens with two attached hydrogens (primary N) is 1. The number of benzene rings is 3. The molecule has 4 N–H and O–H groups in total. The van der Waals surface area contributed by atoms with Crippen molar-refractivity contribution in [3.8, 4) is 23.0 Å². The molecule has 2 heterocycles. The van der Waals surface area contributed by atoms with Crippen LogP contribution in [0.15, 0.2) is 67.0 Å². The molecular weight excluding hydrogens is 585 g/mol. The number of primary amides is 1. The summed E-state index contributed by atoms with van der Waals surface area (Å²) >= 11 is 12.6. The number of hydrogen-bond donors (Lipinski definition) is 3. The van der Waals surface area contributed by atoms with Gasteiger partial charge in [-0.1, -0.05) is 23.2 Å². The smallest absolute Gasteiger partial charge is 0.326 e. The predicted octanol–water partition coefficient (Wildman–Crippen LogP) is 5.96. The number of nitrogens with one attached hydrogen (secondary N) is 2. The van der Waals surface area contributed by atoms with E-state index >= 15 is 0 Å². The molecule has 0 radical (unpaired) electrons. The van der Waals surface area contributed by atoms with Crippen LogP contribution in [-0.4, -0.2) is 42.0 Å². The van der Waals surface area contributed by atoms with E-state index in [-0.39, 0.29) is 33.3 Å². The summed E-state index contributed by atoms with van der Waals surface area (Å²) in [6, 6.07) is 13.1. The third-order valence-electron chi connectivity index (χ3n) is 6.19. The second-order valence-electron chi connectivity index (χ2n) is 8.76. The number of imide groups is 1. The van der Waals surface area contributed by atoms with Crippen molar-refractivity contribution in [2.24, 2.45) is 5.73 Å². The molecule has 0 saturated carbocycles. The fourth-order valence-corrected chi connectivity index (χ4v) is 4.62. The van der Waals surface area contributed by atoms with Gasteiger partial charge in [-0.2, -0.15) is 0 Å². The maximum Gasteiger partial charge on any atom is 0.326 e. The molecule has 0 spiro atoms. The zero-order chi connectivity index (χ0) is 30.0. The van der Waals surface area contributed by atoms with E-state index in [2.05, 4.69) is 20.6 Å². The first kappa shape index (κ1) is 28.4. The number of fused-ring (bicyclic) bond motifs is 2. The summed E-state index contributed by atoms with van der Waals surface area (Å²) in [5, 5.41) is 6.36. The van der Waals surface area contributed by atoms with Crippen LogP contribution in [0.25, 0.3) is 21.8 Å². The fraction of sp³-hybridized carbons (Fsp3) is 0.0690. The third kappa shape index (κ3) is 5.69. The fourth-order valence-electron chi connectivity index (χ4n) is 4.20. The van der Waals surface area contributed by atoms with Gasteiger partial charge in [0.15, 0.2) is 0 Å². The molecule has 0 saturated heterocycles. The van der Waals surface area contributed by atoms with Gasteiger partial charge in [-0.3, -0.25) is 24.9 Å². The van der Waals surface area contributed by atoms with Gasteiger partial charge >= 0.3 is 6.03 Å². The molecule has 42 heavy (non-hydrogen) atoms. The molecule has 0 aliphatic heterocycles. The van der Waals surface area contributed by atoms with Gasteiger partial charge in [0.25, 0.3) is 11.8 Å². The number of hydrogen-bond acceptors (Lipinski definition) is 8. The molecule has 5 rings (SSSR count). The summed E-state index contributed by atoms with van der Waals surface area (Å²) in [5.41, 5.74) is 7.01. The van der Waals surface area contributed by atoms with E-state index < -0.39 is 17.8 Å². The van der Waals surface area contributed by atoms with Crippen molar-refractivity contribution in [1.29, 1.82) is 0 Å². The summed E-state index contributed by atoms with van der Waals surface area (Å²) in [5.74, 6) is -0.179. The topological polar surface area (TPSA) is 155 Å². The monoisotopic (exact) mass is 605 g/mol. The Morgan fingerprint density at radius 2 is 1.40 bits per heavy atom. The minimum atomic E-state index is -0.831. The minimum Gasteiger partial charge on any atom is -0.496 e. The number of pyridine rings is 2. The Balaban J connectivity index is 1.33. The number of ether oxygens (including phenoxy) is 3. The molecule has 0 aliphatic carbocycles. The van der Waals surface area contributed by atoms with Crippen LogP contribution in [0.5, 0.6) is 23.0 Å². The summed E-state index contributed by atoms with van der Waals surface area (Å²) in [6.45, 7) is 0. The number of nitrogens with zero attached hydrogens (tertiary/aromatic N) is 2. The Morgan fingerprint density at radius 3 is 2.07 bits per heavy atom. The molecule has 0 aliphatic rings. The number of carbonyl (C=O) groups excluding carboxylic acids is 3. The molecule has 212 valence electrons. The lowest BCUT2D eigenvalue weighted by Gasteiger charge is -2.14. The molecule has 5 aromatic rings. The average Bonchev–Trinajstić information content (AvgIpc) is 2.97. The normalized spacial score (nSPS) is 10.8. The molecule has 13 heteroatoms. The molecule has 11 nitrogen and oxygen atoms in total. The van der Waals surface area contributed by atoms with Crippen molar-refractivity contribution in [3.63, 3.8) is 0 Å². The first-order valence-electron chi connectivity index (χ1n) is 12.2. The van der Waals surface area contributed by atoms with Crippen LogP contribution in [0.3, 0.4) is 0 Å². The highest BCUT2D eigenvalue weighted by molar-refractivity contribution is 6.35. The zero-order valence-corrected chi connectivity index (χ0v) is 23.5. The van der Waals surface area contributed by atoms with E-state index in [0.29, 0.717) is 38.3 Å². The van der Waals surface area contributed by atoms with E-state index in [1.165, 1.54) is 50.9 Å². The molecule has 0 fully saturated rings. The van der Waals surface area contributed by atoms with Crippen LogP contribution in [0, 0.1) is 0 Å². The first-order valence-corrected chi connectivity index (χ1v) is 12.9. The highest BCUT2D eigenvalue weighted by Crippen LogP contribution is 2.35. The number of methoxy groups -OCH3 is 2. The number of carbonyl (C=O) groups is 3. The van der Waals surface area contributed by atoms with E-state index in [1.54, 1.807) is 30.3 Å². The second-order valence-corrected chi connectivity index (χ2v) is 9.57. The SMILES string of the molecule is COc1cc2nccc(Oc3ccc(NC(=O)NC(=O)c4cc5c(Cl)ccnc5cc4OC)c(Cl)c3)c2cc1C(N)=O. The van der Waals surface area contributed by atoms with E-state index in [0.717, 1.165) is 0 Å². The zero-order valence-electron chi connectivity index (χ0n) is 22.0. The largest absolute Gasteiger partial charge is 0.496 e.